The standard InChI is InChI=1S/C16H15N5S/c1-3-12-9-13-14(11-7-5-4-6-8-11)18-20-16-19-17-10(2)21(16)15(13)22-12/h4-9H,3H2,1-2H3,(H,19,20). The molecule has 0 spiro atoms. The molecule has 0 atom stereocenters. The second-order valence-electron chi connectivity index (χ2n) is 5.13. The summed E-state index contributed by atoms with van der Waals surface area (Å²) >= 11 is 1.77. The summed E-state index contributed by atoms with van der Waals surface area (Å²) in [6.45, 7) is 4.13. The van der Waals surface area contributed by atoms with Gasteiger partial charge in [0.05, 0.1) is 0 Å². The minimum atomic E-state index is 0.661. The molecule has 0 aliphatic carbocycles. The molecule has 3 aromatic rings. The Morgan fingerprint density at radius 1 is 1.18 bits per heavy atom. The van der Waals surface area contributed by atoms with E-state index in [-0.39, 0.29) is 0 Å². The van der Waals surface area contributed by atoms with Crippen molar-refractivity contribution >= 4 is 23.0 Å². The molecule has 0 saturated carbocycles. The van der Waals surface area contributed by atoms with Crippen LogP contribution in [-0.4, -0.2) is 20.5 Å². The van der Waals surface area contributed by atoms with Gasteiger partial charge >= 0.3 is 0 Å². The Morgan fingerprint density at radius 2 is 2.00 bits per heavy atom. The molecule has 0 radical (unpaired) electrons. The summed E-state index contributed by atoms with van der Waals surface area (Å²) in [4.78, 5) is 1.33. The molecule has 0 bridgehead atoms. The van der Waals surface area contributed by atoms with Crippen molar-refractivity contribution in [3.63, 3.8) is 0 Å². The van der Waals surface area contributed by atoms with Gasteiger partial charge in [0, 0.05) is 16.0 Å². The van der Waals surface area contributed by atoms with Crippen LogP contribution in [0.1, 0.15) is 28.8 Å². The van der Waals surface area contributed by atoms with Crippen molar-refractivity contribution in [1.82, 2.24) is 14.8 Å². The van der Waals surface area contributed by atoms with Crippen LogP contribution in [0.15, 0.2) is 41.5 Å². The summed E-state index contributed by atoms with van der Waals surface area (Å²) in [6, 6.07) is 12.4. The van der Waals surface area contributed by atoms with Gasteiger partial charge in [-0.05, 0) is 19.4 Å². The van der Waals surface area contributed by atoms with Crippen LogP contribution in [-0.2, 0) is 6.42 Å². The zero-order valence-corrected chi connectivity index (χ0v) is 13.2. The number of hydrogen-bond donors (Lipinski definition) is 1. The first-order valence-corrected chi connectivity index (χ1v) is 8.04. The summed E-state index contributed by atoms with van der Waals surface area (Å²) in [7, 11) is 0. The third-order valence-electron chi connectivity index (χ3n) is 3.71. The monoisotopic (exact) mass is 309 g/mol. The van der Waals surface area contributed by atoms with E-state index >= 15 is 0 Å². The SMILES string of the molecule is CCc1cc2c(s1)-n1c(C)nnc1NN=C2c1ccccc1. The Morgan fingerprint density at radius 3 is 2.77 bits per heavy atom. The first-order valence-electron chi connectivity index (χ1n) is 7.22. The summed E-state index contributed by atoms with van der Waals surface area (Å²) in [5.74, 6) is 1.52. The summed E-state index contributed by atoms with van der Waals surface area (Å²) < 4.78 is 2.04. The van der Waals surface area contributed by atoms with E-state index in [1.807, 2.05) is 29.7 Å². The largest absolute Gasteiger partial charge is 0.254 e. The number of hydrazone groups is 1. The maximum Gasteiger partial charge on any atom is 0.250 e. The van der Waals surface area contributed by atoms with Crippen LogP contribution in [0.2, 0.25) is 0 Å². The quantitative estimate of drug-likeness (QED) is 0.789. The second-order valence-corrected chi connectivity index (χ2v) is 6.24. The van der Waals surface area contributed by atoms with Crippen LogP contribution in [0, 0.1) is 6.92 Å². The molecule has 4 rings (SSSR count). The summed E-state index contributed by atoms with van der Waals surface area (Å²) in [5.41, 5.74) is 6.21. The highest BCUT2D eigenvalue weighted by Crippen LogP contribution is 2.33. The van der Waals surface area contributed by atoms with Crippen LogP contribution in [0.5, 0.6) is 0 Å². The number of aryl methyl sites for hydroxylation is 2. The van der Waals surface area contributed by atoms with Crippen LogP contribution in [0.3, 0.4) is 0 Å². The molecule has 0 fully saturated rings. The Labute approximate surface area is 132 Å². The predicted octanol–water partition coefficient (Wildman–Crippen LogP) is 3.38. The van der Waals surface area contributed by atoms with E-state index in [4.69, 9.17) is 0 Å². The normalized spacial score (nSPS) is 12.9. The number of anilines is 1. The number of nitrogens with one attached hydrogen (secondary N) is 1. The molecular weight excluding hydrogens is 294 g/mol. The number of benzene rings is 1. The third kappa shape index (κ3) is 1.95. The number of hydrogen-bond acceptors (Lipinski definition) is 5. The zero-order valence-electron chi connectivity index (χ0n) is 12.4. The van der Waals surface area contributed by atoms with E-state index in [9.17, 15) is 0 Å². The number of rotatable bonds is 2. The van der Waals surface area contributed by atoms with Crippen LogP contribution in [0.25, 0.3) is 5.00 Å². The fraction of sp³-hybridized carbons (Fsp3) is 0.188. The Bertz CT molecular complexity index is 860. The average Bonchev–Trinajstić information content (AvgIpc) is 3.09. The van der Waals surface area contributed by atoms with Crippen molar-refractivity contribution in [2.75, 3.05) is 5.43 Å². The lowest BCUT2D eigenvalue weighted by Gasteiger charge is -2.05. The van der Waals surface area contributed by atoms with Crippen LogP contribution in [0.4, 0.5) is 5.95 Å². The molecule has 1 aliphatic heterocycles. The molecule has 1 N–H and O–H groups in total. The minimum absolute atomic E-state index is 0.661. The Kier molecular flexibility index (Phi) is 3.04. The van der Waals surface area contributed by atoms with Gasteiger partial charge in [0.1, 0.15) is 16.5 Å². The van der Waals surface area contributed by atoms with Crippen molar-refractivity contribution in [3.05, 3.63) is 58.2 Å². The minimum Gasteiger partial charge on any atom is -0.254 e. The van der Waals surface area contributed by atoms with Gasteiger partial charge in [-0.3, -0.25) is 4.57 Å². The van der Waals surface area contributed by atoms with E-state index in [2.05, 4.69) is 45.8 Å². The zero-order chi connectivity index (χ0) is 15.1. The van der Waals surface area contributed by atoms with Crippen LogP contribution < -0.4 is 5.43 Å². The molecule has 6 heteroatoms. The number of aromatic nitrogens is 3. The molecule has 0 unspecified atom stereocenters. The van der Waals surface area contributed by atoms with Gasteiger partial charge in [0.2, 0.25) is 5.95 Å². The van der Waals surface area contributed by atoms with Crippen molar-refractivity contribution in [2.24, 2.45) is 5.10 Å². The van der Waals surface area contributed by atoms with E-state index < -0.39 is 0 Å². The van der Waals surface area contributed by atoms with E-state index in [1.54, 1.807) is 11.3 Å². The maximum absolute atomic E-state index is 4.59. The number of thiophene rings is 1. The van der Waals surface area contributed by atoms with Gasteiger partial charge in [0.25, 0.3) is 0 Å². The average molecular weight is 309 g/mol. The summed E-state index contributed by atoms with van der Waals surface area (Å²) in [5, 5.41) is 14.1. The van der Waals surface area contributed by atoms with Gasteiger partial charge in [-0.15, -0.1) is 21.5 Å². The summed E-state index contributed by atoms with van der Waals surface area (Å²) in [6.07, 6.45) is 1.00. The highest BCUT2D eigenvalue weighted by atomic mass is 32.1. The fourth-order valence-electron chi connectivity index (χ4n) is 2.60. The molecule has 0 amide bonds. The molecule has 1 aliphatic rings. The molecule has 22 heavy (non-hydrogen) atoms. The van der Waals surface area contributed by atoms with E-state index in [0.717, 1.165) is 34.1 Å². The smallest absolute Gasteiger partial charge is 0.250 e. The van der Waals surface area contributed by atoms with E-state index in [1.165, 1.54) is 4.88 Å². The highest BCUT2D eigenvalue weighted by molar-refractivity contribution is 7.15. The maximum atomic E-state index is 4.59. The van der Waals surface area contributed by atoms with Gasteiger partial charge in [-0.1, -0.05) is 37.3 Å². The van der Waals surface area contributed by atoms with Crippen molar-refractivity contribution in [2.45, 2.75) is 20.3 Å². The molecule has 2 aromatic heterocycles. The third-order valence-corrected chi connectivity index (χ3v) is 4.97. The Balaban J connectivity index is 1.98. The van der Waals surface area contributed by atoms with Crippen molar-refractivity contribution in [3.8, 4) is 5.00 Å². The Hall–Kier alpha value is -2.47. The van der Waals surface area contributed by atoms with Gasteiger partial charge in [0.15, 0.2) is 0 Å². The fourth-order valence-corrected chi connectivity index (χ4v) is 3.75. The lowest BCUT2D eigenvalue weighted by atomic mass is 10.0. The molecule has 110 valence electrons. The second kappa shape index (κ2) is 5.06. The molecular formula is C16H15N5S. The van der Waals surface area contributed by atoms with Gasteiger partial charge in [-0.25, -0.2) is 5.43 Å². The number of nitrogens with zero attached hydrogens (tertiary/aromatic N) is 4. The molecule has 1 aromatic carbocycles. The molecule has 5 nitrogen and oxygen atoms in total. The first-order chi connectivity index (χ1) is 10.8. The van der Waals surface area contributed by atoms with Crippen molar-refractivity contribution < 1.29 is 0 Å². The molecule has 3 heterocycles. The highest BCUT2D eigenvalue weighted by Gasteiger charge is 2.24. The van der Waals surface area contributed by atoms with Gasteiger partial charge in [-0.2, -0.15) is 5.10 Å². The van der Waals surface area contributed by atoms with E-state index in [0.29, 0.717) is 5.95 Å². The van der Waals surface area contributed by atoms with Gasteiger partial charge < -0.3 is 0 Å². The van der Waals surface area contributed by atoms with Crippen LogP contribution >= 0.6 is 11.3 Å². The first kappa shape index (κ1) is 13.2. The van der Waals surface area contributed by atoms with Crippen molar-refractivity contribution in [1.29, 1.82) is 0 Å². The number of fused-ring (bicyclic) bond motifs is 3. The predicted molar refractivity (Wildman–Crippen MR) is 89.1 cm³/mol. The lowest BCUT2D eigenvalue weighted by molar-refractivity contribution is 0.984. The topological polar surface area (TPSA) is 55.1 Å². The lowest BCUT2D eigenvalue weighted by Crippen LogP contribution is -2.05. The molecule has 0 saturated heterocycles.